The Morgan fingerprint density at radius 1 is 0.354 bits per heavy atom. The molecule has 127 heavy (non-hydrogen) atoms. The van der Waals surface area contributed by atoms with E-state index in [9.17, 15) is 17.6 Å². The summed E-state index contributed by atoms with van der Waals surface area (Å²) in [5, 5.41) is 15.6. The van der Waals surface area contributed by atoms with Crippen LogP contribution in [0.15, 0.2) is 152 Å². The predicted octanol–water partition coefficient (Wildman–Crippen LogP) is 29.5. The molecule has 11 aliphatic rings. The lowest BCUT2D eigenvalue weighted by Gasteiger charge is -2.57. The molecule has 11 saturated carbocycles. The second-order valence-corrected chi connectivity index (χ2v) is 44.1. The van der Waals surface area contributed by atoms with Gasteiger partial charge < -0.3 is 35.6 Å². The summed E-state index contributed by atoms with van der Waals surface area (Å²) < 4.78 is 59.0. The molecule has 0 atom stereocenters. The minimum absolute atomic E-state index is 0.0291. The van der Waals surface area contributed by atoms with E-state index in [-0.39, 0.29) is 23.3 Å². The molecule has 1 heterocycles. The fourth-order valence-corrected chi connectivity index (χ4v) is 24.5. The molecule has 0 radical (unpaired) electrons. The number of nitrogens with one attached hydrogen (secondary N) is 4. The Kier molecular flexibility index (Phi) is 38.3. The molecular weight excluding hydrogens is 1570 g/mol. The number of aromatic nitrogens is 1. The molecule has 4 N–H and O–H groups in total. The second kappa shape index (κ2) is 48.8. The minimum atomic E-state index is -0.0673. The van der Waals surface area contributed by atoms with Gasteiger partial charge in [0.25, 0.3) is 0 Å². The van der Waals surface area contributed by atoms with Crippen molar-refractivity contribution in [2.75, 3.05) is 53.4 Å². The van der Waals surface area contributed by atoms with Gasteiger partial charge in [-0.25, -0.2) is 17.6 Å². The first kappa shape index (κ1) is 99.6. The van der Waals surface area contributed by atoms with E-state index in [4.69, 9.17) is 0 Å². The van der Waals surface area contributed by atoms with Crippen molar-refractivity contribution in [2.45, 2.75) is 338 Å². The van der Waals surface area contributed by atoms with Crippen LogP contribution < -0.4 is 21.3 Å². The van der Waals surface area contributed by atoms with Crippen molar-refractivity contribution in [3.05, 3.63) is 247 Å². The topological polar surface area (TPSA) is 59.5 Å². The highest BCUT2D eigenvalue weighted by atomic mass is 19.1. The number of aryl methyl sites for hydroxylation is 1. The van der Waals surface area contributed by atoms with E-state index in [1.807, 2.05) is 30.3 Å². The van der Waals surface area contributed by atoms with Crippen LogP contribution in [0.25, 0.3) is 10.9 Å². The number of hydrogen-bond acceptors (Lipinski definition) is 6. The molecule has 7 nitrogen and oxygen atoms in total. The van der Waals surface area contributed by atoms with Crippen molar-refractivity contribution in [1.29, 1.82) is 0 Å². The first-order valence-corrected chi connectivity index (χ1v) is 51.1. The summed E-state index contributed by atoms with van der Waals surface area (Å²) in [6.45, 7) is 37.1. The zero-order chi connectivity index (χ0) is 90.2. The molecule has 19 rings (SSSR count). The van der Waals surface area contributed by atoms with Crippen LogP contribution in [0.3, 0.4) is 0 Å². The van der Waals surface area contributed by atoms with Crippen LogP contribution in [0.2, 0.25) is 0 Å². The van der Waals surface area contributed by atoms with Crippen LogP contribution in [0.1, 0.15) is 364 Å². The van der Waals surface area contributed by atoms with Gasteiger partial charge in [-0.2, -0.15) is 0 Å². The highest BCUT2D eigenvalue weighted by Gasteiger charge is 2.52. The third-order valence-electron chi connectivity index (χ3n) is 31.0. The second-order valence-electron chi connectivity index (χ2n) is 44.1. The molecular formula is C116H169F4N7. The molecule has 0 unspecified atom stereocenters. The molecule has 1 aromatic heterocycles. The number of rotatable bonds is 31. The van der Waals surface area contributed by atoms with Gasteiger partial charge >= 0.3 is 0 Å². The Balaban J connectivity index is 0.000000139. The molecule has 11 fully saturated rings. The number of fused-ring (bicyclic) bond motifs is 1. The van der Waals surface area contributed by atoms with Gasteiger partial charge in [-0.15, -0.1) is 0 Å². The zero-order valence-corrected chi connectivity index (χ0v) is 81.7. The smallest absolute Gasteiger partial charge is 0.127 e. The van der Waals surface area contributed by atoms with E-state index >= 15 is 0 Å². The lowest BCUT2D eigenvalue weighted by atomic mass is 9.49. The summed E-state index contributed by atoms with van der Waals surface area (Å²) in [6, 6.07) is 49.6. The van der Waals surface area contributed by atoms with Gasteiger partial charge in [0.1, 0.15) is 23.3 Å². The van der Waals surface area contributed by atoms with E-state index in [1.54, 1.807) is 24.3 Å². The normalized spacial score (nSPS) is 22.7. The van der Waals surface area contributed by atoms with Gasteiger partial charge in [-0.1, -0.05) is 256 Å². The third kappa shape index (κ3) is 30.3. The Labute approximate surface area is 769 Å². The van der Waals surface area contributed by atoms with E-state index in [0.717, 1.165) is 163 Å². The van der Waals surface area contributed by atoms with E-state index in [0.29, 0.717) is 59.4 Å². The van der Waals surface area contributed by atoms with Gasteiger partial charge in [0.15, 0.2) is 0 Å². The number of benzene rings is 7. The summed E-state index contributed by atoms with van der Waals surface area (Å²) in [6.07, 6.45) is 41.6. The molecule has 8 bridgehead atoms. The quantitative estimate of drug-likeness (QED) is 0.0257. The number of halogens is 4. The monoisotopic (exact) mass is 1740 g/mol. The lowest BCUT2D eigenvalue weighted by molar-refractivity contribution is -0.0671. The van der Waals surface area contributed by atoms with Crippen molar-refractivity contribution in [2.24, 2.45) is 71.1 Å². The Morgan fingerprint density at radius 3 is 1.09 bits per heavy atom. The van der Waals surface area contributed by atoms with Gasteiger partial charge in [-0.3, -0.25) is 0 Å². The average molecular weight is 1740 g/mol. The number of hydrogen-bond donors (Lipinski definition) is 4. The van der Waals surface area contributed by atoms with Gasteiger partial charge in [0.05, 0.1) is 0 Å². The Hall–Kier alpha value is -6.44. The first-order chi connectivity index (χ1) is 61.1. The first-order valence-electron chi connectivity index (χ1n) is 51.1. The SMILES string of the molecule is CC(C)c1ccc(CN(C)CC23CC4CC(CC(C4)C2)C3)c(F)c1.CC(C)c1ccc(CN(C)CC2CCCCC2)c(F)c1.CC(C)c1ccc(CNCC23CC4CC(CC(C4)C2)C3)c(F)c1.CC(C)c1ccc(CNCC2CCCCC2)c(F)c1.CC(C)c1ccc(CNCC2CCCCC2)cc1.CC(C)c1ccc(CNCCc2cn(C)c3ccccc23)cc1. The fraction of sp³-hybridized carbons (Fsp3) is 0.621. The highest BCUT2D eigenvalue weighted by molar-refractivity contribution is 5.83. The van der Waals surface area contributed by atoms with Gasteiger partial charge in [-0.05, 0) is 336 Å². The molecule has 8 aromatic rings. The summed E-state index contributed by atoms with van der Waals surface area (Å²) in [5.74, 6) is 11.1. The molecule has 0 spiro atoms. The molecule has 0 saturated heterocycles. The van der Waals surface area contributed by atoms with Crippen LogP contribution in [0.4, 0.5) is 17.6 Å². The fourth-order valence-electron chi connectivity index (χ4n) is 24.5. The third-order valence-corrected chi connectivity index (χ3v) is 31.0. The van der Waals surface area contributed by atoms with E-state index < -0.39 is 0 Å². The summed E-state index contributed by atoms with van der Waals surface area (Å²) in [5.41, 5.74) is 17.1. The standard InChI is InChI=1S/C22H32FN.C21H30FN.C21H26N2.C18H28FN.C17H26FN.C17H27N/c1-15(2)19-4-5-20(21(23)9-19)13-24(3)14-22-10-16-6-17(11-22)8-18(7-16)12-22;1-14(2)18-3-4-19(20(22)8-18)12-23-13-21-9-15-5-16(10-21)7-17(6-15)11-21;1-16(2)18-10-8-17(9-11-18)14-22-13-12-19-15-23(3)21-7-5-4-6-20(19)21;1-14(2)16-9-10-17(18(19)11-16)13-20(3)12-15-7-5-4-6-8-15;1-13(2)15-8-9-16(17(18)10-15)12-19-11-14-6-4-3-5-7-14;1-14(2)17-10-8-16(9-11-17)13-18-12-15-6-4-3-5-7-15/h4-5,9,15-18H,6-8,10-14H2,1-3H3;3-4,8,14-17,23H,5-7,9-13H2,1-2H3;4-11,15-16,22H,12-14H2,1-3H3;9-11,14-15H,4-8,12-13H2,1-3H3;8-10,13-14,19H,3-7,11-12H2,1-2H3;8-11,14-15,18H,3-7,12-13H2,1-2H3. The van der Waals surface area contributed by atoms with Crippen LogP contribution >= 0.6 is 0 Å². The minimum Gasteiger partial charge on any atom is -0.350 e. The Bertz CT molecular complexity index is 4500. The van der Waals surface area contributed by atoms with Crippen LogP contribution in [0.5, 0.6) is 0 Å². The van der Waals surface area contributed by atoms with E-state index in [1.165, 1.54) is 219 Å². The average Bonchev–Trinajstić information content (AvgIpc) is 0.956. The maximum absolute atomic E-state index is 14.4. The molecule has 0 amide bonds. The summed E-state index contributed by atoms with van der Waals surface area (Å²) >= 11 is 0. The zero-order valence-electron chi connectivity index (χ0n) is 81.7. The number of para-hydroxylation sites is 1. The van der Waals surface area contributed by atoms with Crippen molar-refractivity contribution >= 4 is 10.9 Å². The maximum atomic E-state index is 14.4. The Morgan fingerprint density at radius 2 is 0.693 bits per heavy atom. The van der Waals surface area contributed by atoms with Gasteiger partial charge in [0.2, 0.25) is 0 Å². The van der Waals surface area contributed by atoms with Crippen molar-refractivity contribution in [3.8, 4) is 0 Å². The maximum Gasteiger partial charge on any atom is 0.127 e. The van der Waals surface area contributed by atoms with E-state index in [2.05, 4.69) is 237 Å². The largest absolute Gasteiger partial charge is 0.350 e. The predicted molar refractivity (Wildman–Crippen MR) is 530 cm³/mol. The number of nitrogens with zero attached hydrogens (tertiary/aromatic N) is 3. The van der Waals surface area contributed by atoms with Gasteiger partial charge in [0, 0.05) is 105 Å². The molecule has 11 aliphatic carbocycles. The summed E-state index contributed by atoms with van der Waals surface area (Å²) in [7, 11) is 6.42. The van der Waals surface area contributed by atoms with Crippen LogP contribution in [0, 0.1) is 87.4 Å². The molecule has 7 aromatic carbocycles. The highest BCUT2D eigenvalue weighted by Crippen LogP contribution is 2.61. The lowest BCUT2D eigenvalue weighted by Crippen LogP contribution is -2.50. The van der Waals surface area contributed by atoms with Crippen molar-refractivity contribution in [1.82, 2.24) is 35.6 Å². The molecule has 11 heteroatoms. The van der Waals surface area contributed by atoms with Crippen LogP contribution in [-0.4, -0.2) is 67.7 Å². The van der Waals surface area contributed by atoms with Crippen molar-refractivity contribution in [3.63, 3.8) is 0 Å². The van der Waals surface area contributed by atoms with Crippen LogP contribution in [-0.2, 0) is 52.7 Å². The van der Waals surface area contributed by atoms with Crippen molar-refractivity contribution < 1.29 is 17.6 Å². The molecule has 696 valence electrons. The molecule has 0 aliphatic heterocycles. The summed E-state index contributed by atoms with van der Waals surface area (Å²) in [4.78, 5) is 4.67.